The monoisotopic (exact) mass is 923 g/mol. The van der Waals surface area contributed by atoms with Crippen molar-refractivity contribution >= 4 is 17.9 Å². The first-order valence-corrected chi connectivity index (χ1v) is 26.3. The maximum atomic E-state index is 12.8. The van der Waals surface area contributed by atoms with E-state index >= 15 is 0 Å². The molecule has 0 heterocycles. The molecule has 0 aliphatic heterocycles. The molecule has 0 radical (unpaired) electrons. The van der Waals surface area contributed by atoms with Gasteiger partial charge in [0.25, 0.3) is 0 Å². The lowest BCUT2D eigenvalue weighted by Gasteiger charge is -2.18. The Hall–Kier alpha value is -4.71. The van der Waals surface area contributed by atoms with Gasteiger partial charge in [0, 0.05) is 19.3 Å². The summed E-state index contributed by atoms with van der Waals surface area (Å²) in [4.78, 5) is 37.9. The molecule has 6 nitrogen and oxygen atoms in total. The van der Waals surface area contributed by atoms with Gasteiger partial charge in [0.1, 0.15) is 13.2 Å². The van der Waals surface area contributed by atoms with Crippen molar-refractivity contribution in [1.29, 1.82) is 0 Å². The van der Waals surface area contributed by atoms with Crippen molar-refractivity contribution in [2.75, 3.05) is 13.2 Å². The van der Waals surface area contributed by atoms with Crippen LogP contribution in [0.25, 0.3) is 0 Å². The maximum Gasteiger partial charge on any atom is 0.306 e. The highest BCUT2D eigenvalue weighted by atomic mass is 16.6. The Kier molecular flexibility index (Phi) is 50.1. The van der Waals surface area contributed by atoms with E-state index in [1.54, 1.807) is 0 Å². The minimum absolute atomic E-state index is 0.136. The molecular weight excluding hydrogens is 829 g/mol. The largest absolute Gasteiger partial charge is 0.462 e. The molecule has 0 unspecified atom stereocenters. The molecular formula is C61H94O6. The van der Waals surface area contributed by atoms with E-state index < -0.39 is 12.1 Å². The van der Waals surface area contributed by atoms with Gasteiger partial charge in [-0.3, -0.25) is 14.4 Å². The first-order valence-electron chi connectivity index (χ1n) is 26.3. The van der Waals surface area contributed by atoms with Crippen molar-refractivity contribution in [3.8, 4) is 0 Å². The average molecular weight is 923 g/mol. The van der Waals surface area contributed by atoms with E-state index in [2.05, 4.69) is 142 Å². The highest BCUT2D eigenvalue weighted by molar-refractivity contribution is 5.71. The summed E-state index contributed by atoms with van der Waals surface area (Å²) in [7, 11) is 0. The zero-order valence-corrected chi connectivity index (χ0v) is 42.6. The second-order valence-electron chi connectivity index (χ2n) is 16.7. The van der Waals surface area contributed by atoms with E-state index in [1.807, 2.05) is 24.3 Å². The van der Waals surface area contributed by atoms with Gasteiger partial charge >= 0.3 is 17.9 Å². The number of esters is 3. The first kappa shape index (κ1) is 62.3. The zero-order valence-electron chi connectivity index (χ0n) is 42.6. The van der Waals surface area contributed by atoms with Gasteiger partial charge in [-0.25, -0.2) is 0 Å². The van der Waals surface area contributed by atoms with Crippen molar-refractivity contribution in [1.82, 2.24) is 0 Å². The van der Waals surface area contributed by atoms with E-state index in [0.29, 0.717) is 19.3 Å². The summed E-state index contributed by atoms with van der Waals surface area (Å²) in [5.41, 5.74) is 0. The molecule has 0 fully saturated rings. The molecule has 0 saturated carbocycles. The van der Waals surface area contributed by atoms with E-state index in [-0.39, 0.29) is 38.0 Å². The maximum absolute atomic E-state index is 12.8. The molecule has 0 aliphatic carbocycles. The minimum Gasteiger partial charge on any atom is -0.462 e. The highest BCUT2D eigenvalue weighted by Crippen LogP contribution is 2.13. The van der Waals surface area contributed by atoms with E-state index in [9.17, 15) is 14.4 Å². The van der Waals surface area contributed by atoms with Crippen LogP contribution in [0, 0.1) is 0 Å². The van der Waals surface area contributed by atoms with Crippen LogP contribution in [-0.4, -0.2) is 37.2 Å². The van der Waals surface area contributed by atoms with Crippen LogP contribution in [0.4, 0.5) is 0 Å². The molecule has 1 atom stereocenters. The van der Waals surface area contributed by atoms with E-state index in [0.717, 1.165) is 96.3 Å². The Labute approximate surface area is 410 Å². The Morgan fingerprint density at radius 1 is 0.313 bits per heavy atom. The third-order valence-corrected chi connectivity index (χ3v) is 10.4. The second-order valence-corrected chi connectivity index (χ2v) is 16.7. The quantitative estimate of drug-likeness (QED) is 0.0262. The van der Waals surface area contributed by atoms with Crippen molar-refractivity contribution in [3.05, 3.63) is 146 Å². The third-order valence-electron chi connectivity index (χ3n) is 10.4. The first-order chi connectivity index (χ1) is 33.0. The van der Waals surface area contributed by atoms with Crippen LogP contribution in [-0.2, 0) is 28.6 Å². The fourth-order valence-electron chi connectivity index (χ4n) is 6.49. The molecule has 0 rings (SSSR count). The molecule has 0 bridgehead atoms. The van der Waals surface area contributed by atoms with Crippen molar-refractivity contribution < 1.29 is 28.6 Å². The summed E-state index contributed by atoms with van der Waals surface area (Å²) >= 11 is 0. The van der Waals surface area contributed by atoms with Gasteiger partial charge in [0.15, 0.2) is 6.10 Å². The predicted octanol–water partition coefficient (Wildman–Crippen LogP) is 17.6. The number of hydrogen-bond acceptors (Lipinski definition) is 6. The molecule has 0 spiro atoms. The SMILES string of the molecule is CC/C=C\C/C=C\C/C=C\C/C=C\C/C=C\C/C=C\CCC(=O)OC[C@@H](COC(=O)CCCCCCCCCCCCC)OC(=O)CC/C=C\C/C=C\C/C=C\C/C=C\C/C=C\C/C=C\CC. The smallest absolute Gasteiger partial charge is 0.306 e. The normalized spacial score (nSPS) is 13.3. The number of carbonyl (C=O) groups is 3. The van der Waals surface area contributed by atoms with Crippen molar-refractivity contribution in [3.63, 3.8) is 0 Å². The lowest BCUT2D eigenvalue weighted by molar-refractivity contribution is -0.166. The summed E-state index contributed by atoms with van der Waals surface area (Å²) in [5, 5.41) is 0. The lowest BCUT2D eigenvalue weighted by Crippen LogP contribution is -2.30. The highest BCUT2D eigenvalue weighted by Gasteiger charge is 2.19. The summed E-state index contributed by atoms with van der Waals surface area (Å²) in [5.74, 6) is -1.12. The van der Waals surface area contributed by atoms with Crippen LogP contribution in [0.2, 0.25) is 0 Å². The molecule has 0 saturated heterocycles. The molecule has 6 heteroatoms. The van der Waals surface area contributed by atoms with Gasteiger partial charge in [-0.2, -0.15) is 0 Å². The number of unbranched alkanes of at least 4 members (excludes halogenated alkanes) is 10. The van der Waals surface area contributed by atoms with Gasteiger partial charge in [-0.1, -0.05) is 231 Å². The van der Waals surface area contributed by atoms with Crippen LogP contribution in [0.5, 0.6) is 0 Å². The second kappa shape index (κ2) is 53.9. The topological polar surface area (TPSA) is 78.9 Å². The number of rotatable bonds is 45. The van der Waals surface area contributed by atoms with Crippen LogP contribution >= 0.6 is 0 Å². The Morgan fingerprint density at radius 2 is 0.582 bits per heavy atom. The standard InChI is InChI=1S/C61H94O6/c1-4-7-10-13-16-19-22-24-26-28-30-32-34-36-39-42-45-48-51-54-60(63)66-57-58(56-65-59(62)53-50-47-44-41-38-21-18-15-12-9-6-3)67-61(64)55-52-49-46-43-40-37-35-33-31-29-27-25-23-20-17-14-11-8-5-2/h7-8,10-11,16-17,19-20,24-27,30-33,36-37,39-40,45-46,48-49,58H,4-6,9,12-15,18,21-23,28-29,34-35,38,41-44,47,50-57H2,1-3H3/b10-7-,11-8-,19-16-,20-17-,26-24-,27-25-,32-30-,33-31-,39-36-,40-37-,48-45-,49-46-/t58-/m1/s1. The number of carbonyl (C=O) groups excluding carboxylic acids is 3. The van der Waals surface area contributed by atoms with Gasteiger partial charge < -0.3 is 14.2 Å². The van der Waals surface area contributed by atoms with Gasteiger partial charge in [0.2, 0.25) is 0 Å². The van der Waals surface area contributed by atoms with Crippen LogP contribution in [0.15, 0.2) is 146 Å². The van der Waals surface area contributed by atoms with Crippen LogP contribution in [0.3, 0.4) is 0 Å². The molecule has 0 amide bonds. The number of hydrogen-bond donors (Lipinski definition) is 0. The minimum atomic E-state index is -0.853. The summed E-state index contributed by atoms with van der Waals surface area (Å²) in [6.45, 7) is 6.25. The van der Waals surface area contributed by atoms with Crippen molar-refractivity contribution in [2.45, 2.75) is 207 Å². The van der Waals surface area contributed by atoms with Gasteiger partial charge in [0.05, 0.1) is 0 Å². The molecule has 374 valence electrons. The number of ether oxygens (including phenoxy) is 3. The van der Waals surface area contributed by atoms with E-state index in [4.69, 9.17) is 14.2 Å². The van der Waals surface area contributed by atoms with Gasteiger partial charge in [-0.15, -0.1) is 0 Å². The lowest BCUT2D eigenvalue weighted by atomic mass is 10.1. The fourth-order valence-corrected chi connectivity index (χ4v) is 6.49. The number of allylic oxidation sites excluding steroid dienone is 24. The predicted molar refractivity (Wildman–Crippen MR) is 288 cm³/mol. The summed E-state index contributed by atoms with van der Waals surface area (Å²) < 4.78 is 16.6. The Morgan fingerprint density at radius 3 is 0.910 bits per heavy atom. The Bertz CT molecular complexity index is 1530. The summed E-state index contributed by atoms with van der Waals surface area (Å²) in [6.07, 6.45) is 77.1. The van der Waals surface area contributed by atoms with E-state index in [1.165, 1.54) is 51.4 Å². The van der Waals surface area contributed by atoms with Gasteiger partial charge in [-0.05, 0) is 96.3 Å². The molecule has 67 heavy (non-hydrogen) atoms. The molecule has 0 aliphatic rings. The summed E-state index contributed by atoms with van der Waals surface area (Å²) in [6, 6.07) is 0. The molecule has 0 aromatic heterocycles. The third kappa shape index (κ3) is 52.1. The van der Waals surface area contributed by atoms with Crippen molar-refractivity contribution in [2.24, 2.45) is 0 Å². The zero-order chi connectivity index (χ0) is 48.6. The molecule has 0 aromatic rings. The van der Waals surface area contributed by atoms with Crippen LogP contribution in [0.1, 0.15) is 201 Å². The Balaban J connectivity index is 4.63. The fraction of sp³-hybridized carbons (Fsp3) is 0.557. The molecule has 0 aromatic carbocycles. The van der Waals surface area contributed by atoms with Crippen LogP contribution < -0.4 is 0 Å². The molecule has 0 N–H and O–H groups in total. The average Bonchev–Trinajstić information content (AvgIpc) is 3.33.